The van der Waals surface area contributed by atoms with Crippen LogP contribution in [0, 0.1) is 11.6 Å². The molecule has 10 heteroatoms. The summed E-state index contributed by atoms with van der Waals surface area (Å²) in [5.41, 5.74) is 0. The highest BCUT2D eigenvalue weighted by atomic mass is 32.2. The number of hydrogen-bond donors (Lipinski definition) is 0. The molecule has 1 fully saturated rings. The maximum absolute atomic E-state index is 13.9. The highest BCUT2D eigenvalue weighted by molar-refractivity contribution is 7.89. The molecule has 1 aromatic carbocycles. The fourth-order valence-electron chi connectivity index (χ4n) is 2.83. The standard InChI is InChI=1S/C17H20F2N4O3S/c1-22(2)16-7-8-17(21-20-16)26-13-4-3-9-23(11-13)27(24,25)15-6-5-12(18)10-14(15)19/h5-8,10,13H,3-4,9,11H2,1-2H3. The Kier molecular flexibility index (Phi) is 5.56. The second kappa shape index (κ2) is 7.73. The zero-order valence-corrected chi connectivity index (χ0v) is 15.8. The van der Waals surface area contributed by atoms with Gasteiger partial charge in [0.1, 0.15) is 22.6 Å². The van der Waals surface area contributed by atoms with Gasteiger partial charge in [0.2, 0.25) is 15.9 Å². The van der Waals surface area contributed by atoms with Gasteiger partial charge in [0.05, 0.1) is 6.54 Å². The number of halogens is 2. The van der Waals surface area contributed by atoms with Crippen LogP contribution in [-0.4, -0.2) is 56.2 Å². The Labute approximate surface area is 156 Å². The quantitative estimate of drug-likeness (QED) is 0.767. The van der Waals surface area contributed by atoms with E-state index in [-0.39, 0.29) is 19.0 Å². The van der Waals surface area contributed by atoms with E-state index in [9.17, 15) is 17.2 Å². The number of anilines is 1. The Morgan fingerprint density at radius 2 is 1.96 bits per heavy atom. The van der Waals surface area contributed by atoms with Crippen LogP contribution >= 0.6 is 0 Å². The van der Waals surface area contributed by atoms with Gasteiger partial charge in [0.25, 0.3) is 0 Å². The molecule has 3 rings (SSSR count). The predicted octanol–water partition coefficient (Wildman–Crippen LogP) is 2.05. The molecule has 0 bridgehead atoms. The lowest BCUT2D eigenvalue weighted by Crippen LogP contribution is -2.44. The van der Waals surface area contributed by atoms with E-state index in [0.717, 1.165) is 16.4 Å². The Bertz CT molecular complexity index is 907. The van der Waals surface area contributed by atoms with Gasteiger partial charge >= 0.3 is 0 Å². The minimum absolute atomic E-state index is 0.0518. The van der Waals surface area contributed by atoms with Gasteiger partial charge in [0, 0.05) is 32.8 Å². The molecule has 0 radical (unpaired) electrons. The first-order valence-electron chi connectivity index (χ1n) is 8.40. The van der Waals surface area contributed by atoms with Crippen molar-refractivity contribution in [3.05, 3.63) is 42.0 Å². The van der Waals surface area contributed by atoms with Crippen LogP contribution in [0.4, 0.5) is 14.6 Å². The molecule has 1 aliphatic heterocycles. The van der Waals surface area contributed by atoms with Crippen molar-refractivity contribution >= 4 is 15.8 Å². The summed E-state index contributed by atoms with van der Waals surface area (Å²) in [6.07, 6.45) is 0.752. The molecule has 7 nitrogen and oxygen atoms in total. The van der Waals surface area contributed by atoms with Gasteiger partial charge in [-0.3, -0.25) is 0 Å². The van der Waals surface area contributed by atoms with Gasteiger partial charge < -0.3 is 9.64 Å². The van der Waals surface area contributed by atoms with Crippen LogP contribution in [0.1, 0.15) is 12.8 Å². The summed E-state index contributed by atoms with van der Waals surface area (Å²) in [4.78, 5) is 1.25. The van der Waals surface area contributed by atoms with Crippen molar-refractivity contribution in [1.82, 2.24) is 14.5 Å². The van der Waals surface area contributed by atoms with Crippen LogP contribution < -0.4 is 9.64 Å². The Hall–Kier alpha value is -2.33. The lowest BCUT2D eigenvalue weighted by atomic mass is 10.1. The van der Waals surface area contributed by atoms with Crippen molar-refractivity contribution in [1.29, 1.82) is 0 Å². The second-order valence-corrected chi connectivity index (χ2v) is 8.35. The first-order valence-corrected chi connectivity index (χ1v) is 9.84. The molecule has 1 atom stereocenters. The molecule has 2 heterocycles. The van der Waals surface area contributed by atoms with Gasteiger partial charge in [-0.25, -0.2) is 17.2 Å². The van der Waals surface area contributed by atoms with Crippen LogP contribution in [0.3, 0.4) is 0 Å². The van der Waals surface area contributed by atoms with Crippen molar-refractivity contribution in [2.75, 3.05) is 32.1 Å². The number of rotatable bonds is 5. The number of benzene rings is 1. The molecule has 0 N–H and O–H groups in total. The molecule has 1 aromatic heterocycles. The summed E-state index contributed by atoms with van der Waals surface area (Å²) in [6, 6.07) is 5.83. The number of hydrogen-bond acceptors (Lipinski definition) is 6. The minimum atomic E-state index is -4.08. The first kappa shape index (κ1) is 19.4. The molecule has 0 aliphatic carbocycles. The van der Waals surface area contributed by atoms with Crippen LogP contribution in [0.2, 0.25) is 0 Å². The third kappa shape index (κ3) is 4.33. The fourth-order valence-corrected chi connectivity index (χ4v) is 4.38. The summed E-state index contributed by atoms with van der Waals surface area (Å²) in [5, 5.41) is 7.99. The molecule has 2 aromatic rings. The lowest BCUT2D eigenvalue weighted by molar-refractivity contribution is 0.123. The predicted molar refractivity (Wildman–Crippen MR) is 95.1 cm³/mol. The third-order valence-electron chi connectivity index (χ3n) is 4.22. The zero-order chi connectivity index (χ0) is 19.6. The van der Waals surface area contributed by atoms with Gasteiger partial charge in [0.15, 0.2) is 5.82 Å². The molecule has 1 aliphatic rings. The summed E-state index contributed by atoms with van der Waals surface area (Å²) in [7, 11) is -0.411. The van der Waals surface area contributed by atoms with Crippen LogP contribution in [0.25, 0.3) is 0 Å². The molecule has 0 saturated carbocycles. The summed E-state index contributed by atoms with van der Waals surface area (Å²) < 4.78 is 59.3. The number of aromatic nitrogens is 2. The fraction of sp³-hybridized carbons (Fsp3) is 0.412. The molecule has 1 unspecified atom stereocenters. The van der Waals surface area contributed by atoms with E-state index in [4.69, 9.17) is 4.74 Å². The van der Waals surface area contributed by atoms with E-state index >= 15 is 0 Å². The van der Waals surface area contributed by atoms with E-state index in [1.165, 1.54) is 0 Å². The molecule has 0 spiro atoms. The van der Waals surface area contributed by atoms with Crippen LogP contribution in [-0.2, 0) is 10.0 Å². The SMILES string of the molecule is CN(C)c1ccc(OC2CCCN(S(=O)(=O)c3ccc(F)cc3F)C2)nn1. The lowest BCUT2D eigenvalue weighted by Gasteiger charge is -2.31. The smallest absolute Gasteiger partial charge is 0.246 e. The number of sulfonamides is 1. The largest absolute Gasteiger partial charge is 0.472 e. The van der Waals surface area contributed by atoms with Crippen molar-refractivity contribution in [2.24, 2.45) is 0 Å². The third-order valence-corrected chi connectivity index (χ3v) is 6.12. The van der Waals surface area contributed by atoms with Gasteiger partial charge in [-0.1, -0.05) is 0 Å². The number of ether oxygens (including phenoxy) is 1. The van der Waals surface area contributed by atoms with Crippen molar-refractivity contribution in [2.45, 2.75) is 23.8 Å². The highest BCUT2D eigenvalue weighted by Gasteiger charge is 2.33. The van der Waals surface area contributed by atoms with Crippen LogP contribution in [0.5, 0.6) is 5.88 Å². The molecular weight excluding hydrogens is 378 g/mol. The monoisotopic (exact) mass is 398 g/mol. The number of piperidine rings is 1. The molecule has 0 amide bonds. The number of nitrogens with zero attached hydrogens (tertiary/aromatic N) is 4. The molecule has 146 valence electrons. The highest BCUT2D eigenvalue weighted by Crippen LogP contribution is 2.25. The summed E-state index contributed by atoms with van der Waals surface area (Å²) in [6.45, 7) is 0.292. The average Bonchev–Trinajstić information content (AvgIpc) is 2.62. The van der Waals surface area contributed by atoms with E-state index in [0.29, 0.717) is 24.7 Å². The van der Waals surface area contributed by atoms with Gasteiger partial charge in [-0.05, 0) is 31.0 Å². The zero-order valence-electron chi connectivity index (χ0n) is 15.0. The molecule has 27 heavy (non-hydrogen) atoms. The van der Waals surface area contributed by atoms with Crippen LogP contribution in [0.15, 0.2) is 35.2 Å². The van der Waals surface area contributed by atoms with Crippen molar-refractivity contribution in [3.8, 4) is 5.88 Å². The van der Waals surface area contributed by atoms with E-state index < -0.39 is 32.7 Å². The maximum Gasteiger partial charge on any atom is 0.246 e. The van der Waals surface area contributed by atoms with E-state index in [2.05, 4.69) is 10.2 Å². The Balaban J connectivity index is 1.73. The average molecular weight is 398 g/mol. The first-order chi connectivity index (χ1) is 12.8. The van der Waals surface area contributed by atoms with Crippen molar-refractivity contribution < 1.29 is 21.9 Å². The minimum Gasteiger partial charge on any atom is -0.472 e. The summed E-state index contributed by atoms with van der Waals surface area (Å²) in [5.74, 6) is -0.978. The molecule has 1 saturated heterocycles. The van der Waals surface area contributed by atoms with E-state index in [1.54, 1.807) is 17.0 Å². The van der Waals surface area contributed by atoms with Crippen molar-refractivity contribution in [3.63, 3.8) is 0 Å². The molecular formula is C17H20F2N4O3S. The normalized spacial score (nSPS) is 18.3. The van der Waals surface area contributed by atoms with Gasteiger partial charge in [-0.15, -0.1) is 10.2 Å². The topological polar surface area (TPSA) is 75.6 Å². The second-order valence-electron chi connectivity index (χ2n) is 6.44. The Morgan fingerprint density at radius 3 is 2.59 bits per heavy atom. The van der Waals surface area contributed by atoms with Gasteiger partial charge in [-0.2, -0.15) is 4.31 Å². The maximum atomic E-state index is 13.9. The summed E-state index contributed by atoms with van der Waals surface area (Å²) >= 11 is 0. The van der Waals surface area contributed by atoms with E-state index in [1.807, 2.05) is 14.1 Å². The Morgan fingerprint density at radius 1 is 1.19 bits per heavy atom.